The zero-order valence-electron chi connectivity index (χ0n) is 13.2. The Labute approximate surface area is 137 Å². The monoisotopic (exact) mass is 344 g/mol. The quantitative estimate of drug-likeness (QED) is 0.863. The van der Waals surface area contributed by atoms with Gasteiger partial charge in [0.05, 0.1) is 12.2 Å². The average molecular weight is 344 g/mol. The number of nitrogens with one attached hydrogen (secondary N) is 1. The van der Waals surface area contributed by atoms with Gasteiger partial charge in [-0.05, 0) is 37.5 Å². The Hall–Kier alpha value is -2.25. The molecule has 24 heavy (non-hydrogen) atoms. The average Bonchev–Trinajstić information content (AvgIpc) is 3.35. The Morgan fingerprint density at radius 2 is 1.88 bits per heavy atom. The molecule has 1 aromatic carbocycles. The minimum absolute atomic E-state index is 0.0730. The lowest BCUT2D eigenvalue weighted by molar-refractivity contribution is -0.137. The largest absolute Gasteiger partial charge is 0.450 e. The highest BCUT2D eigenvalue weighted by Crippen LogP contribution is 2.31. The highest BCUT2D eigenvalue weighted by Gasteiger charge is 2.33. The Balaban J connectivity index is 1.96. The number of carbonyl (C=O) groups is 2. The first-order valence-corrected chi connectivity index (χ1v) is 7.67. The molecule has 1 aliphatic rings. The van der Waals surface area contributed by atoms with Crippen LogP contribution in [0, 0.1) is 0 Å². The van der Waals surface area contributed by atoms with E-state index >= 15 is 0 Å². The Morgan fingerprint density at radius 1 is 1.25 bits per heavy atom. The minimum Gasteiger partial charge on any atom is -0.450 e. The van der Waals surface area contributed by atoms with Crippen molar-refractivity contribution in [3.05, 3.63) is 35.4 Å². The zero-order valence-corrected chi connectivity index (χ0v) is 13.2. The molecule has 0 atom stereocenters. The number of hydrogen-bond donors (Lipinski definition) is 1. The van der Waals surface area contributed by atoms with Crippen LogP contribution < -0.4 is 5.32 Å². The lowest BCUT2D eigenvalue weighted by Gasteiger charge is -2.23. The molecule has 132 valence electrons. The van der Waals surface area contributed by atoms with Crippen molar-refractivity contribution in [2.75, 3.05) is 13.2 Å². The Bertz CT molecular complexity index is 583. The molecule has 0 spiro atoms. The number of nitrogens with zero attached hydrogens (tertiary/aromatic N) is 1. The van der Waals surface area contributed by atoms with Gasteiger partial charge in [0.15, 0.2) is 0 Å². The Kier molecular flexibility index (Phi) is 5.69. The van der Waals surface area contributed by atoms with E-state index in [1.165, 1.54) is 12.1 Å². The second-order valence-electron chi connectivity index (χ2n) is 5.52. The van der Waals surface area contributed by atoms with E-state index in [2.05, 4.69) is 10.1 Å². The van der Waals surface area contributed by atoms with Crippen LogP contribution in [0.2, 0.25) is 0 Å². The number of hydrogen-bond acceptors (Lipinski definition) is 3. The van der Waals surface area contributed by atoms with Crippen LogP contribution in [0.4, 0.5) is 18.0 Å². The highest BCUT2D eigenvalue weighted by molar-refractivity contribution is 5.82. The van der Waals surface area contributed by atoms with Gasteiger partial charge in [0.2, 0.25) is 5.91 Å². The van der Waals surface area contributed by atoms with Gasteiger partial charge in [-0.15, -0.1) is 0 Å². The van der Waals surface area contributed by atoms with Crippen LogP contribution in [0.3, 0.4) is 0 Å². The summed E-state index contributed by atoms with van der Waals surface area (Å²) in [6.45, 7) is 1.88. The van der Waals surface area contributed by atoms with E-state index in [1.807, 2.05) is 0 Å². The number of alkyl carbamates (subject to hydrolysis) is 1. The Morgan fingerprint density at radius 3 is 2.38 bits per heavy atom. The van der Waals surface area contributed by atoms with Gasteiger partial charge in [0.25, 0.3) is 0 Å². The molecule has 0 radical (unpaired) electrons. The molecule has 1 N–H and O–H groups in total. The number of halogens is 3. The van der Waals surface area contributed by atoms with Crippen LogP contribution in [-0.4, -0.2) is 36.1 Å². The van der Waals surface area contributed by atoms with Crippen molar-refractivity contribution in [1.82, 2.24) is 10.2 Å². The molecule has 2 amide bonds. The highest BCUT2D eigenvalue weighted by atomic mass is 19.4. The third-order valence-corrected chi connectivity index (χ3v) is 3.60. The second-order valence-corrected chi connectivity index (χ2v) is 5.52. The van der Waals surface area contributed by atoms with Gasteiger partial charge in [-0.3, -0.25) is 4.79 Å². The second kappa shape index (κ2) is 7.55. The lowest BCUT2D eigenvalue weighted by atomic mass is 10.1. The van der Waals surface area contributed by atoms with Gasteiger partial charge in [0, 0.05) is 12.6 Å². The van der Waals surface area contributed by atoms with Crippen molar-refractivity contribution in [3.8, 4) is 0 Å². The summed E-state index contributed by atoms with van der Waals surface area (Å²) in [4.78, 5) is 25.1. The smallest absolute Gasteiger partial charge is 0.416 e. The predicted molar refractivity (Wildman–Crippen MR) is 80.0 cm³/mol. The summed E-state index contributed by atoms with van der Waals surface area (Å²) in [6.07, 6.45) is -3.35. The van der Waals surface area contributed by atoms with Gasteiger partial charge >= 0.3 is 12.3 Å². The third-order valence-electron chi connectivity index (χ3n) is 3.60. The first kappa shape index (κ1) is 18.1. The van der Waals surface area contributed by atoms with Gasteiger partial charge in [0.1, 0.15) is 6.54 Å². The first-order chi connectivity index (χ1) is 11.3. The van der Waals surface area contributed by atoms with E-state index < -0.39 is 17.8 Å². The zero-order chi connectivity index (χ0) is 17.7. The molecule has 0 unspecified atom stereocenters. The number of ether oxygens (including phenoxy) is 1. The number of amides is 2. The van der Waals surface area contributed by atoms with Crippen molar-refractivity contribution in [3.63, 3.8) is 0 Å². The summed E-state index contributed by atoms with van der Waals surface area (Å²) in [5, 5.41) is 2.36. The van der Waals surface area contributed by atoms with Gasteiger partial charge in [-0.1, -0.05) is 12.1 Å². The van der Waals surface area contributed by atoms with Crippen molar-refractivity contribution in [2.45, 2.75) is 38.5 Å². The fourth-order valence-electron chi connectivity index (χ4n) is 2.23. The SMILES string of the molecule is CCOC(=O)NCC(=O)N(Cc1ccc(C(F)(F)F)cc1)C1CC1. The molecule has 0 aromatic heterocycles. The van der Waals surface area contributed by atoms with Gasteiger partial charge in [-0.25, -0.2) is 4.79 Å². The summed E-state index contributed by atoms with van der Waals surface area (Å²) in [6, 6.07) is 4.81. The van der Waals surface area contributed by atoms with E-state index in [0.29, 0.717) is 5.56 Å². The summed E-state index contributed by atoms with van der Waals surface area (Å²) in [7, 11) is 0. The molecule has 0 saturated heterocycles. The van der Waals surface area contributed by atoms with Crippen molar-refractivity contribution >= 4 is 12.0 Å². The molecule has 1 saturated carbocycles. The third kappa shape index (κ3) is 5.14. The molecule has 2 rings (SSSR count). The minimum atomic E-state index is -4.38. The molecule has 1 fully saturated rings. The number of alkyl halides is 3. The number of rotatable bonds is 6. The van der Waals surface area contributed by atoms with Crippen LogP contribution in [0.5, 0.6) is 0 Å². The summed E-state index contributed by atoms with van der Waals surface area (Å²) >= 11 is 0. The number of carbonyl (C=O) groups excluding carboxylic acids is 2. The molecule has 1 aromatic rings. The maximum atomic E-state index is 12.6. The molecule has 8 heteroatoms. The maximum absolute atomic E-state index is 12.6. The van der Waals surface area contributed by atoms with E-state index in [0.717, 1.165) is 25.0 Å². The van der Waals surface area contributed by atoms with Crippen LogP contribution in [0.15, 0.2) is 24.3 Å². The van der Waals surface area contributed by atoms with Crippen LogP contribution in [0.25, 0.3) is 0 Å². The fraction of sp³-hybridized carbons (Fsp3) is 0.500. The van der Waals surface area contributed by atoms with E-state index in [1.54, 1.807) is 11.8 Å². The molecule has 5 nitrogen and oxygen atoms in total. The normalized spacial score (nSPS) is 14.2. The first-order valence-electron chi connectivity index (χ1n) is 7.67. The maximum Gasteiger partial charge on any atom is 0.416 e. The van der Waals surface area contributed by atoms with Gasteiger partial charge < -0.3 is 15.0 Å². The lowest BCUT2D eigenvalue weighted by Crippen LogP contribution is -2.41. The van der Waals surface area contributed by atoms with E-state index in [9.17, 15) is 22.8 Å². The van der Waals surface area contributed by atoms with Crippen molar-refractivity contribution < 1.29 is 27.5 Å². The molecule has 1 aliphatic carbocycles. The topological polar surface area (TPSA) is 58.6 Å². The molecular weight excluding hydrogens is 325 g/mol. The summed E-state index contributed by atoms with van der Waals surface area (Å²) < 4.78 is 42.4. The molecular formula is C16H19F3N2O3. The van der Waals surface area contributed by atoms with Crippen molar-refractivity contribution in [1.29, 1.82) is 0 Å². The molecule has 0 bridgehead atoms. The predicted octanol–water partition coefficient (Wildman–Crippen LogP) is 2.94. The standard InChI is InChI=1S/C16H19F3N2O3/c1-2-24-15(23)20-9-14(22)21(13-7-8-13)10-11-3-5-12(6-4-11)16(17,18)19/h3-6,13H,2,7-10H2,1H3,(H,20,23). The van der Waals surface area contributed by atoms with E-state index in [-0.39, 0.29) is 31.6 Å². The molecule has 0 heterocycles. The van der Waals surface area contributed by atoms with Crippen LogP contribution in [0.1, 0.15) is 30.9 Å². The molecule has 0 aliphatic heterocycles. The van der Waals surface area contributed by atoms with Crippen LogP contribution in [-0.2, 0) is 22.3 Å². The van der Waals surface area contributed by atoms with E-state index in [4.69, 9.17) is 0 Å². The number of benzene rings is 1. The summed E-state index contributed by atoms with van der Waals surface area (Å²) in [5.74, 6) is -0.287. The van der Waals surface area contributed by atoms with Crippen molar-refractivity contribution in [2.24, 2.45) is 0 Å². The fourth-order valence-corrected chi connectivity index (χ4v) is 2.23. The van der Waals surface area contributed by atoms with Crippen LogP contribution >= 0.6 is 0 Å². The summed E-state index contributed by atoms with van der Waals surface area (Å²) in [5.41, 5.74) is -0.112. The van der Waals surface area contributed by atoms with Gasteiger partial charge in [-0.2, -0.15) is 13.2 Å².